The van der Waals surface area contributed by atoms with Crippen LogP contribution in [0.25, 0.3) is 11.0 Å². The van der Waals surface area contributed by atoms with Crippen LogP contribution in [0.1, 0.15) is 25.5 Å². The van der Waals surface area contributed by atoms with Crippen LogP contribution < -0.4 is 5.32 Å². The molecule has 1 amide bonds. The number of aromatic nitrogens is 2. The summed E-state index contributed by atoms with van der Waals surface area (Å²) < 4.78 is 41.3. The molecule has 0 saturated heterocycles. The van der Waals surface area contributed by atoms with Gasteiger partial charge in [0.2, 0.25) is 5.91 Å². The lowest BCUT2D eigenvalue weighted by Crippen LogP contribution is -2.34. The highest BCUT2D eigenvalue weighted by molar-refractivity contribution is 5.81. The van der Waals surface area contributed by atoms with E-state index in [0.29, 0.717) is 5.52 Å². The number of carbonyl (C=O) groups excluding carboxylic acids is 1. The summed E-state index contributed by atoms with van der Waals surface area (Å²) in [4.78, 5) is 16.4. The zero-order valence-electron chi connectivity index (χ0n) is 14.3. The van der Waals surface area contributed by atoms with E-state index in [2.05, 4.69) is 10.3 Å². The number of fused-ring (bicyclic) bond motifs is 1. The standard InChI is InChI=1S/C19H18F3N3O/c1-11(2)19(12-3-5-13(20)6-4-12)24-18(26)9-25-10-23-16-7-14(21)15(22)8-17(16)25/h3-8,10-11,19H,9H2,1-2H3,(H,24,26). The maximum Gasteiger partial charge on any atom is 0.240 e. The van der Waals surface area contributed by atoms with E-state index in [9.17, 15) is 18.0 Å². The highest BCUT2D eigenvalue weighted by atomic mass is 19.2. The van der Waals surface area contributed by atoms with Gasteiger partial charge in [-0.25, -0.2) is 18.2 Å². The van der Waals surface area contributed by atoms with E-state index in [0.717, 1.165) is 17.7 Å². The molecule has 26 heavy (non-hydrogen) atoms. The molecule has 1 N–H and O–H groups in total. The van der Waals surface area contributed by atoms with Crippen molar-refractivity contribution in [3.05, 3.63) is 65.7 Å². The number of hydrogen-bond donors (Lipinski definition) is 1. The number of amides is 1. The van der Waals surface area contributed by atoms with E-state index in [1.165, 1.54) is 23.0 Å². The van der Waals surface area contributed by atoms with Crippen LogP contribution in [-0.4, -0.2) is 15.5 Å². The number of rotatable bonds is 5. The Kier molecular flexibility index (Phi) is 4.97. The predicted molar refractivity (Wildman–Crippen MR) is 91.8 cm³/mol. The van der Waals surface area contributed by atoms with E-state index < -0.39 is 11.6 Å². The minimum atomic E-state index is -0.994. The minimum Gasteiger partial charge on any atom is -0.347 e. The van der Waals surface area contributed by atoms with E-state index >= 15 is 0 Å². The average molecular weight is 361 g/mol. The fourth-order valence-electron chi connectivity index (χ4n) is 2.86. The number of nitrogens with zero attached hydrogens (tertiary/aromatic N) is 2. The molecule has 0 aliphatic carbocycles. The van der Waals surface area contributed by atoms with Gasteiger partial charge in [-0.15, -0.1) is 0 Å². The first-order valence-corrected chi connectivity index (χ1v) is 8.20. The molecule has 0 fully saturated rings. The smallest absolute Gasteiger partial charge is 0.240 e. The van der Waals surface area contributed by atoms with Crippen LogP contribution in [0.5, 0.6) is 0 Å². The fraction of sp³-hybridized carbons (Fsp3) is 0.263. The normalized spacial score (nSPS) is 12.5. The quantitative estimate of drug-likeness (QED) is 0.748. The molecule has 7 heteroatoms. The van der Waals surface area contributed by atoms with Crippen molar-refractivity contribution in [2.24, 2.45) is 5.92 Å². The second-order valence-corrected chi connectivity index (χ2v) is 6.47. The second kappa shape index (κ2) is 7.19. The van der Waals surface area contributed by atoms with Crippen LogP contribution in [0.2, 0.25) is 0 Å². The number of halogens is 3. The van der Waals surface area contributed by atoms with E-state index in [1.54, 1.807) is 12.1 Å². The highest BCUT2D eigenvalue weighted by Crippen LogP contribution is 2.22. The lowest BCUT2D eigenvalue weighted by Gasteiger charge is -2.23. The van der Waals surface area contributed by atoms with E-state index in [-0.39, 0.29) is 35.7 Å². The van der Waals surface area contributed by atoms with Gasteiger partial charge in [0.15, 0.2) is 11.6 Å². The third kappa shape index (κ3) is 3.71. The molecule has 1 unspecified atom stereocenters. The summed E-state index contributed by atoms with van der Waals surface area (Å²) in [6, 6.07) is 7.66. The third-order valence-corrected chi connectivity index (χ3v) is 4.19. The van der Waals surface area contributed by atoms with Gasteiger partial charge in [-0.1, -0.05) is 26.0 Å². The van der Waals surface area contributed by atoms with Crippen LogP contribution in [0, 0.1) is 23.4 Å². The summed E-state index contributed by atoms with van der Waals surface area (Å²) in [7, 11) is 0. The SMILES string of the molecule is CC(C)C(NC(=O)Cn1cnc2cc(F)c(F)cc21)c1ccc(F)cc1. The Morgan fingerprint density at radius 3 is 2.42 bits per heavy atom. The molecular weight excluding hydrogens is 343 g/mol. The molecule has 0 aliphatic heterocycles. The van der Waals surface area contributed by atoms with Gasteiger partial charge in [-0.3, -0.25) is 4.79 Å². The van der Waals surface area contributed by atoms with Crippen molar-refractivity contribution in [1.29, 1.82) is 0 Å². The van der Waals surface area contributed by atoms with Crippen LogP contribution in [-0.2, 0) is 11.3 Å². The molecule has 0 spiro atoms. The number of benzene rings is 2. The fourth-order valence-corrected chi connectivity index (χ4v) is 2.86. The monoisotopic (exact) mass is 361 g/mol. The van der Waals surface area contributed by atoms with E-state index in [1.807, 2.05) is 13.8 Å². The molecule has 4 nitrogen and oxygen atoms in total. The van der Waals surface area contributed by atoms with Crippen molar-refractivity contribution in [2.75, 3.05) is 0 Å². The highest BCUT2D eigenvalue weighted by Gasteiger charge is 2.19. The van der Waals surface area contributed by atoms with Crippen molar-refractivity contribution >= 4 is 16.9 Å². The molecule has 136 valence electrons. The summed E-state index contributed by atoms with van der Waals surface area (Å²) >= 11 is 0. The maximum atomic E-state index is 13.5. The van der Waals surface area contributed by atoms with Crippen molar-refractivity contribution in [3.63, 3.8) is 0 Å². The lowest BCUT2D eigenvalue weighted by molar-refractivity contribution is -0.122. The van der Waals surface area contributed by atoms with Crippen molar-refractivity contribution in [3.8, 4) is 0 Å². The lowest BCUT2D eigenvalue weighted by atomic mass is 9.96. The molecule has 0 bridgehead atoms. The van der Waals surface area contributed by atoms with Crippen LogP contribution >= 0.6 is 0 Å². The number of hydrogen-bond acceptors (Lipinski definition) is 2. The van der Waals surface area contributed by atoms with E-state index in [4.69, 9.17) is 0 Å². The van der Waals surface area contributed by atoms with Gasteiger partial charge in [0.1, 0.15) is 12.4 Å². The maximum absolute atomic E-state index is 13.5. The second-order valence-electron chi connectivity index (χ2n) is 6.47. The van der Waals surface area contributed by atoms with Gasteiger partial charge >= 0.3 is 0 Å². The molecule has 2 aromatic carbocycles. The number of imidazole rings is 1. The minimum absolute atomic E-state index is 0.0792. The number of nitrogens with one attached hydrogen (secondary N) is 1. The summed E-state index contributed by atoms with van der Waals surface area (Å²) in [5.41, 5.74) is 1.40. The largest absolute Gasteiger partial charge is 0.347 e. The first-order valence-electron chi connectivity index (χ1n) is 8.20. The third-order valence-electron chi connectivity index (χ3n) is 4.19. The summed E-state index contributed by atoms with van der Waals surface area (Å²) in [5.74, 6) is -2.55. The summed E-state index contributed by atoms with van der Waals surface area (Å²) in [5, 5.41) is 2.90. The van der Waals surface area contributed by atoms with Crippen molar-refractivity contribution in [2.45, 2.75) is 26.4 Å². The van der Waals surface area contributed by atoms with Crippen molar-refractivity contribution < 1.29 is 18.0 Å². The summed E-state index contributed by atoms with van der Waals surface area (Å²) in [6.07, 6.45) is 1.37. The van der Waals surface area contributed by atoms with Crippen molar-refractivity contribution in [1.82, 2.24) is 14.9 Å². The van der Waals surface area contributed by atoms with Gasteiger partial charge in [0.05, 0.1) is 23.4 Å². The Labute approximate surface area is 148 Å². The Morgan fingerprint density at radius 1 is 1.12 bits per heavy atom. The number of carbonyl (C=O) groups is 1. The summed E-state index contributed by atoms with van der Waals surface area (Å²) in [6.45, 7) is 3.80. The predicted octanol–water partition coefficient (Wildman–Crippen LogP) is 3.97. The van der Waals surface area contributed by atoms with Crippen LogP contribution in [0.3, 0.4) is 0 Å². The molecular formula is C19H18F3N3O. The topological polar surface area (TPSA) is 46.9 Å². The molecule has 3 rings (SSSR count). The molecule has 1 atom stereocenters. The molecule has 1 aromatic heterocycles. The van der Waals surface area contributed by atoms with Crippen LogP contribution in [0.15, 0.2) is 42.7 Å². The molecule has 0 radical (unpaired) electrons. The van der Waals surface area contributed by atoms with Gasteiger partial charge in [-0.2, -0.15) is 0 Å². The molecule has 0 saturated carbocycles. The van der Waals surface area contributed by atoms with Crippen LogP contribution in [0.4, 0.5) is 13.2 Å². The molecule has 0 aliphatic rings. The molecule has 3 aromatic rings. The molecule has 1 heterocycles. The Balaban J connectivity index is 1.79. The Hall–Kier alpha value is -2.83. The zero-order chi connectivity index (χ0) is 18.8. The van der Waals surface area contributed by atoms with Gasteiger partial charge in [0.25, 0.3) is 0 Å². The van der Waals surface area contributed by atoms with Gasteiger partial charge in [-0.05, 0) is 23.6 Å². The van der Waals surface area contributed by atoms with Gasteiger partial charge in [0, 0.05) is 12.1 Å². The average Bonchev–Trinajstić information content (AvgIpc) is 2.95. The first kappa shape index (κ1) is 18.0. The first-order chi connectivity index (χ1) is 12.3. The zero-order valence-corrected chi connectivity index (χ0v) is 14.3. The Bertz CT molecular complexity index is 935. The van der Waals surface area contributed by atoms with Gasteiger partial charge < -0.3 is 9.88 Å². The Morgan fingerprint density at radius 2 is 1.77 bits per heavy atom.